The Balaban J connectivity index is 2.22. The number of hydrogen-bond acceptors (Lipinski definition) is 4. The zero-order valence-corrected chi connectivity index (χ0v) is 12.3. The molecule has 0 atom stereocenters. The number of aryl methyl sites for hydroxylation is 3. The molecule has 0 spiro atoms. The second-order valence-electron chi connectivity index (χ2n) is 4.96. The van der Waals surface area contributed by atoms with E-state index in [2.05, 4.69) is 10.3 Å². The van der Waals surface area contributed by atoms with Gasteiger partial charge in [0.05, 0.1) is 11.4 Å². The van der Waals surface area contributed by atoms with Crippen molar-refractivity contribution in [1.82, 2.24) is 9.55 Å². The third-order valence-corrected chi connectivity index (χ3v) is 3.20. The molecule has 0 aliphatic rings. The summed E-state index contributed by atoms with van der Waals surface area (Å²) < 4.78 is 1.33. The van der Waals surface area contributed by atoms with Gasteiger partial charge in [0.15, 0.2) is 0 Å². The van der Waals surface area contributed by atoms with Gasteiger partial charge in [0.1, 0.15) is 12.4 Å². The number of amides is 1. The average molecular weight is 286 g/mol. The van der Waals surface area contributed by atoms with Gasteiger partial charge in [-0.05, 0) is 32.4 Å². The molecule has 0 bridgehead atoms. The number of nitrogens with one attached hydrogen (secondary N) is 1. The molecule has 6 heteroatoms. The SMILES string of the molecule is Cc1cc(=O)n(CC(=O)Nc2c(C)cccc2N)c(C)n1. The first-order chi connectivity index (χ1) is 9.88. The topological polar surface area (TPSA) is 90.0 Å². The standard InChI is InChI=1S/C15H18N4O2/c1-9-5-4-6-12(16)15(9)18-13(20)8-19-11(3)17-10(2)7-14(19)21/h4-7H,8,16H2,1-3H3,(H,18,20). The predicted octanol–water partition coefficient (Wildman–Crippen LogP) is 1.39. The van der Waals surface area contributed by atoms with Crippen molar-refractivity contribution in [1.29, 1.82) is 0 Å². The Kier molecular flexibility index (Phi) is 4.07. The van der Waals surface area contributed by atoms with Gasteiger partial charge >= 0.3 is 0 Å². The number of para-hydroxylation sites is 1. The van der Waals surface area contributed by atoms with E-state index in [0.29, 0.717) is 22.9 Å². The molecule has 6 nitrogen and oxygen atoms in total. The summed E-state index contributed by atoms with van der Waals surface area (Å²) in [5.74, 6) is 0.194. The number of nitrogens with zero attached hydrogens (tertiary/aromatic N) is 2. The molecule has 2 rings (SSSR count). The van der Waals surface area contributed by atoms with Crippen molar-refractivity contribution in [2.45, 2.75) is 27.3 Å². The second kappa shape index (κ2) is 5.78. The summed E-state index contributed by atoms with van der Waals surface area (Å²) in [6.07, 6.45) is 0. The summed E-state index contributed by atoms with van der Waals surface area (Å²) in [5, 5.41) is 2.74. The second-order valence-corrected chi connectivity index (χ2v) is 4.96. The fourth-order valence-electron chi connectivity index (χ4n) is 2.14. The number of carbonyl (C=O) groups excluding carboxylic acids is 1. The van der Waals surface area contributed by atoms with E-state index in [1.165, 1.54) is 10.6 Å². The summed E-state index contributed by atoms with van der Waals surface area (Å²) in [6.45, 7) is 5.21. The molecule has 0 aliphatic carbocycles. The van der Waals surface area contributed by atoms with Gasteiger partial charge in [0.25, 0.3) is 5.56 Å². The van der Waals surface area contributed by atoms with Crippen molar-refractivity contribution in [3.63, 3.8) is 0 Å². The zero-order chi connectivity index (χ0) is 15.6. The van der Waals surface area contributed by atoms with E-state index >= 15 is 0 Å². The third-order valence-electron chi connectivity index (χ3n) is 3.20. The summed E-state index contributed by atoms with van der Waals surface area (Å²) in [4.78, 5) is 28.2. The monoisotopic (exact) mass is 286 g/mol. The molecule has 1 amide bonds. The van der Waals surface area contributed by atoms with Crippen LogP contribution in [-0.4, -0.2) is 15.5 Å². The van der Waals surface area contributed by atoms with Gasteiger partial charge in [-0.25, -0.2) is 4.98 Å². The number of anilines is 2. The van der Waals surface area contributed by atoms with Crippen LogP contribution in [0.1, 0.15) is 17.1 Å². The Morgan fingerprint density at radius 3 is 2.67 bits per heavy atom. The minimum absolute atomic E-state index is 0.0915. The summed E-state index contributed by atoms with van der Waals surface area (Å²) >= 11 is 0. The van der Waals surface area contributed by atoms with Crippen LogP contribution in [0.25, 0.3) is 0 Å². The van der Waals surface area contributed by atoms with Crippen LogP contribution in [0, 0.1) is 20.8 Å². The van der Waals surface area contributed by atoms with Crippen molar-refractivity contribution in [3.8, 4) is 0 Å². The molecule has 0 fully saturated rings. The predicted molar refractivity (Wildman–Crippen MR) is 82.2 cm³/mol. The minimum Gasteiger partial charge on any atom is -0.397 e. The lowest BCUT2D eigenvalue weighted by molar-refractivity contribution is -0.116. The highest BCUT2D eigenvalue weighted by molar-refractivity contribution is 5.94. The first-order valence-electron chi connectivity index (χ1n) is 6.58. The van der Waals surface area contributed by atoms with E-state index in [1.54, 1.807) is 19.9 Å². The Bertz CT molecular complexity index is 730. The molecule has 1 aromatic carbocycles. The smallest absolute Gasteiger partial charge is 0.254 e. The number of rotatable bonds is 3. The molecule has 21 heavy (non-hydrogen) atoms. The highest BCUT2D eigenvalue weighted by Crippen LogP contribution is 2.22. The maximum absolute atomic E-state index is 12.1. The molecule has 110 valence electrons. The number of carbonyl (C=O) groups is 1. The molecule has 0 saturated heterocycles. The van der Waals surface area contributed by atoms with Crippen LogP contribution in [0.5, 0.6) is 0 Å². The Morgan fingerprint density at radius 2 is 2.05 bits per heavy atom. The lowest BCUT2D eigenvalue weighted by Crippen LogP contribution is -2.30. The molecule has 1 heterocycles. The van der Waals surface area contributed by atoms with Crippen molar-refractivity contribution in [2.24, 2.45) is 0 Å². The van der Waals surface area contributed by atoms with Crippen molar-refractivity contribution in [3.05, 3.63) is 51.7 Å². The van der Waals surface area contributed by atoms with Gasteiger partial charge in [-0.1, -0.05) is 12.1 Å². The third kappa shape index (κ3) is 3.28. The van der Waals surface area contributed by atoms with Crippen LogP contribution in [0.4, 0.5) is 11.4 Å². The van der Waals surface area contributed by atoms with Crippen molar-refractivity contribution >= 4 is 17.3 Å². The Morgan fingerprint density at radius 1 is 1.33 bits per heavy atom. The molecule has 1 aromatic heterocycles. The number of aromatic nitrogens is 2. The fraction of sp³-hybridized carbons (Fsp3) is 0.267. The van der Waals surface area contributed by atoms with E-state index in [-0.39, 0.29) is 18.0 Å². The maximum Gasteiger partial charge on any atom is 0.254 e. The van der Waals surface area contributed by atoms with Crippen molar-refractivity contribution in [2.75, 3.05) is 11.1 Å². The average Bonchev–Trinajstić information content (AvgIpc) is 2.38. The van der Waals surface area contributed by atoms with Crippen LogP contribution >= 0.6 is 0 Å². The molecule has 0 aliphatic heterocycles. The molecule has 3 N–H and O–H groups in total. The van der Waals surface area contributed by atoms with E-state index in [9.17, 15) is 9.59 Å². The molecule has 2 aromatic rings. The number of benzene rings is 1. The van der Waals surface area contributed by atoms with Gasteiger partial charge in [-0.2, -0.15) is 0 Å². The van der Waals surface area contributed by atoms with Gasteiger partial charge in [-0.15, -0.1) is 0 Å². The first kappa shape index (κ1) is 14.8. The lowest BCUT2D eigenvalue weighted by atomic mass is 10.1. The summed E-state index contributed by atoms with van der Waals surface area (Å²) in [7, 11) is 0. The highest BCUT2D eigenvalue weighted by atomic mass is 16.2. The summed E-state index contributed by atoms with van der Waals surface area (Å²) in [6, 6.07) is 6.80. The zero-order valence-electron chi connectivity index (χ0n) is 12.3. The van der Waals surface area contributed by atoms with Crippen LogP contribution in [0.3, 0.4) is 0 Å². The number of nitrogen functional groups attached to an aromatic ring is 1. The fourth-order valence-corrected chi connectivity index (χ4v) is 2.14. The Hall–Kier alpha value is -2.63. The number of hydrogen-bond donors (Lipinski definition) is 2. The van der Waals surface area contributed by atoms with Gasteiger partial charge in [-0.3, -0.25) is 14.2 Å². The largest absolute Gasteiger partial charge is 0.397 e. The maximum atomic E-state index is 12.1. The van der Waals surface area contributed by atoms with E-state index < -0.39 is 0 Å². The molecule has 0 radical (unpaired) electrons. The van der Waals surface area contributed by atoms with Crippen molar-refractivity contribution < 1.29 is 4.79 Å². The normalized spacial score (nSPS) is 10.4. The van der Waals surface area contributed by atoms with E-state index in [1.807, 2.05) is 19.1 Å². The Labute approximate surface area is 122 Å². The lowest BCUT2D eigenvalue weighted by Gasteiger charge is -2.13. The van der Waals surface area contributed by atoms with Gasteiger partial charge in [0, 0.05) is 11.8 Å². The summed E-state index contributed by atoms with van der Waals surface area (Å²) in [5.41, 5.74) is 8.18. The van der Waals surface area contributed by atoms with Crippen LogP contribution < -0.4 is 16.6 Å². The van der Waals surface area contributed by atoms with E-state index in [0.717, 1.165) is 5.56 Å². The van der Waals surface area contributed by atoms with Gasteiger partial charge in [0.2, 0.25) is 5.91 Å². The van der Waals surface area contributed by atoms with Gasteiger partial charge < -0.3 is 11.1 Å². The van der Waals surface area contributed by atoms with Crippen LogP contribution in [0.15, 0.2) is 29.1 Å². The quantitative estimate of drug-likeness (QED) is 0.834. The molecule has 0 saturated carbocycles. The minimum atomic E-state index is -0.313. The van der Waals surface area contributed by atoms with Crippen LogP contribution in [0.2, 0.25) is 0 Å². The number of nitrogens with two attached hydrogens (primary N) is 1. The highest BCUT2D eigenvalue weighted by Gasteiger charge is 2.11. The first-order valence-corrected chi connectivity index (χ1v) is 6.58. The van der Waals surface area contributed by atoms with Crippen LogP contribution in [-0.2, 0) is 11.3 Å². The van der Waals surface area contributed by atoms with E-state index in [4.69, 9.17) is 5.73 Å². The molecular weight excluding hydrogens is 268 g/mol. The molecular formula is C15H18N4O2. The molecule has 0 unspecified atom stereocenters.